The first-order chi connectivity index (χ1) is 7.68. The van der Waals surface area contributed by atoms with Crippen molar-refractivity contribution in [1.82, 2.24) is 14.9 Å². The fourth-order valence-electron chi connectivity index (χ4n) is 2.19. The summed E-state index contributed by atoms with van der Waals surface area (Å²) in [5.41, 5.74) is 7.14. The average molecular weight is 220 g/mol. The smallest absolute Gasteiger partial charge is 0.0755 e. The monoisotopic (exact) mass is 220 g/mol. The van der Waals surface area contributed by atoms with Crippen molar-refractivity contribution < 1.29 is 0 Å². The molecule has 88 valence electrons. The Morgan fingerprint density at radius 2 is 2.31 bits per heavy atom. The predicted octanol–water partition coefficient (Wildman–Crippen LogP) is 1.21. The van der Waals surface area contributed by atoms with E-state index in [9.17, 15) is 0 Å². The van der Waals surface area contributed by atoms with Crippen LogP contribution in [0.5, 0.6) is 0 Å². The third-order valence-electron chi connectivity index (χ3n) is 3.61. The summed E-state index contributed by atoms with van der Waals surface area (Å²) in [4.78, 5) is 10.9. The van der Waals surface area contributed by atoms with Crippen LogP contribution in [0.3, 0.4) is 0 Å². The van der Waals surface area contributed by atoms with Gasteiger partial charge in [-0.05, 0) is 25.8 Å². The van der Waals surface area contributed by atoms with Gasteiger partial charge in [-0.1, -0.05) is 6.92 Å². The summed E-state index contributed by atoms with van der Waals surface area (Å²) in [7, 11) is 0. The van der Waals surface area contributed by atoms with Crippen LogP contribution in [-0.2, 0) is 0 Å². The van der Waals surface area contributed by atoms with E-state index in [4.69, 9.17) is 5.73 Å². The molecule has 1 fully saturated rings. The standard InChI is InChI=1S/C12H20N4/c1-9-3-6-16(8-11(9)13)10(2)12-7-14-4-5-15-12/h4-5,7,9-11H,3,6,8,13H2,1-2H3. The highest BCUT2D eigenvalue weighted by Gasteiger charge is 2.27. The van der Waals surface area contributed by atoms with Gasteiger partial charge in [0.05, 0.1) is 11.7 Å². The van der Waals surface area contributed by atoms with E-state index in [1.165, 1.54) is 6.42 Å². The molecule has 2 N–H and O–H groups in total. The molecule has 0 amide bonds. The van der Waals surface area contributed by atoms with E-state index < -0.39 is 0 Å². The van der Waals surface area contributed by atoms with Gasteiger partial charge in [0, 0.05) is 31.2 Å². The third kappa shape index (κ3) is 2.39. The molecule has 4 heteroatoms. The molecule has 0 spiro atoms. The van der Waals surface area contributed by atoms with Crippen molar-refractivity contribution in [3.05, 3.63) is 24.3 Å². The van der Waals surface area contributed by atoms with Gasteiger partial charge in [0.25, 0.3) is 0 Å². The van der Waals surface area contributed by atoms with Crippen LogP contribution in [0.4, 0.5) is 0 Å². The highest BCUT2D eigenvalue weighted by molar-refractivity contribution is 5.02. The third-order valence-corrected chi connectivity index (χ3v) is 3.61. The van der Waals surface area contributed by atoms with Gasteiger partial charge in [0.15, 0.2) is 0 Å². The molecule has 2 heterocycles. The highest BCUT2D eigenvalue weighted by atomic mass is 15.2. The minimum atomic E-state index is 0.285. The number of rotatable bonds is 2. The molecule has 1 aliphatic heterocycles. The minimum Gasteiger partial charge on any atom is -0.326 e. The number of hydrogen-bond acceptors (Lipinski definition) is 4. The summed E-state index contributed by atoms with van der Waals surface area (Å²) in [6, 6.07) is 0.597. The summed E-state index contributed by atoms with van der Waals surface area (Å²) in [5.74, 6) is 0.630. The summed E-state index contributed by atoms with van der Waals surface area (Å²) in [5, 5.41) is 0. The van der Waals surface area contributed by atoms with E-state index in [2.05, 4.69) is 28.7 Å². The predicted molar refractivity (Wildman–Crippen MR) is 63.8 cm³/mol. The van der Waals surface area contributed by atoms with Crippen LogP contribution in [0, 0.1) is 5.92 Å². The topological polar surface area (TPSA) is 55.0 Å². The fraction of sp³-hybridized carbons (Fsp3) is 0.667. The summed E-state index contributed by atoms with van der Waals surface area (Å²) in [6.45, 7) is 6.47. The average Bonchev–Trinajstić information content (AvgIpc) is 2.33. The van der Waals surface area contributed by atoms with Gasteiger partial charge >= 0.3 is 0 Å². The van der Waals surface area contributed by atoms with E-state index in [1.807, 2.05) is 6.20 Å². The molecule has 1 aliphatic rings. The number of aromatic nitrogens is 2. The summed E-state index contributed by atoms with van der Waals surface area (Å²) >= 11 is 0. The Balaban J connectivity index is 2.03. The molecular formula is C12H20N4. The minimum absolute atomic E-state index is 0.285. The van der Waals surface area contributed by atoms with Gasteiger partial charge in [-0.15, -0.1) is 0 Å². The molecule has 4 nitrogen and oxygen atoms in total. The SMILES string of the molecule is CC1CCN(C(C)c2cnccn2)CC1N. The summed E-state index contributed by atoms with van der Waals surface area (Å²) in [6.07, 6.45) is 6.47. The molecule has 1 saturated heterocycles. The Bertz CT molecular complexity index is 327. The van der Waals surface area contributed by atoms with Gasteiger partial charge < -0.3 is 5.73 Å². The maximum Gasteiger partial charge on any atom is 0.0755 e. The molecule has 0 radical (unpaired) electrons. The second-order valence-electron chi connectivity index (χ2n) is 4.73. The van der Waals surface area contributed by atoms with E-state index in [1.54, 1.807) is 12.4 Å². The quantitative estimate of drug-likeness (QED) is 0.814. The lowest BCUT2D eigenvalue weighted by atomic mass is 9.93. The van der Waals surface area contributed by atoms with E-state index in [0.29, 0.717) is 12.0 Å². The molecule has 1 aromatic heterocycles. The van der Waals surface area contributed by atoms with Gasteiger partial charge in [-0.25, -0.2) is 0 Å². The molecule has 0 saturated carbocycles. The van der Waals surface area contributed by atoms with Crippen molar-refractivity contribution >= 4 is 0 Å². The normalized spacial score (nSPS) is 28.9. The lowest BCUT2D eigenvalue weighted by Crippen LogP contribution is -2.48. The highest BCUT2D eigenvalue weighted by Crippen LogP contribution is 2.24. The largest absolute Gasteiger partial charge is 0.326 e. The van der Waals surface area contributed by atoms with E-state index in [-0.39, 0.29) is 6.04 Å². The Morgan fingerprint density at radius 3 is 2.94 bits per heavy atom. The molecule has 0 aromatic carbocycles. The molecule has 0 bridgehead atoms. The van der Waals surface area contributed by atoms with Crippen LogP contribution >= 0.6 is 0 Å². The Morgan fingerprint density at radius 1 is 1.50 bits per heavy atom. The number of hydrogen-bond donors (Lipinski definition) is 1. The Kier molecular flexibility index (Phi) is 3.51. The van der Waals surface area contributed by atoms with Gasteiger partial charge in [0.2, 0.25) is 0 Å². The molecule has 1 aromatic rings. The zero-order chi connectivity index (χ0) is 11.5. The van der Waals surface area contributed by atoms with E-state index >= 15 is 0 Å². The molecule has 3 atom stereocenters. The Labute approximate surface area is 96.9 Å². The Hall–Kier alpha value is -1.00. The van der Waals surface area contributed by atoms with Crippen LogP contribution in [-0.4, -0.2) is 34.0 Å². The van der Waals surface area contributed by atoms with Crippen LogP contribution in [0.15, 0.2) is 18.6 Å². The number of nitrogens with zero attached hydrogens (tertiary/aromatic N) is 3. The van der Waals surface area contributed by atoms with Crippen molar-refractivity contribution in [3.63, 3.8) is 0 Å². The van der Waals surface area contributed by atoms with Crippen molar-refractivity contribution in [3.8, 4) is 0 Å². The molecule has 16 heavy (non-hydrogen) atoms. The zero-order valence-corrected chi connectivity index (χ0v) is 10.0. The van der Waals surface area contributed by atoms with Crippen molar-refractivity contribution in [2.75, 3.05) is 13.1 Å². The van der Waals surface area contributed by atoms with Gasteiger partial charge in [-0.2, -0.15) is 0 Å². The van der Waals surface area contributed by atoms with Gasteiger partial charge in [-0.3, -0.25) is 14.9 Å². The van der Waals surface area contributed by atoms with Gasteiger partial charge in [0.1, 0.15) is 0 Å². The maximum atomic E-state index is 6.11. The van der Waals surface area contributed by atoms with Crippen LogP contribution in [0.25, 0.3) is 0 Å². The second kappa shape index (κ2) is 4.89. The number of likely N-dealkylation sites (tertiary alicyclic amines) is 1. The van der Waals surface area contributed by atoms with Crippen LogP contribution < -0.4 is 5.73 Å². The second-order valence-corrected chi connectivity index (χ2v) is 4.73. The lowest BCUT2D eigenvalue weighted by Gasteiger charge is -2.38. The first-order valence-corrected chi connectivity index (χ1v) is 5.94. The molecule has 2 rings (SSSR count). The van der Waals surface area contributed by atoms with Crippen molar-refractivity contribution in [2.45, 2.75) is 32.4 Å². The zero-order valence-electron chi connectivity index (χ0n) is 10.0. The number of piperidine rings is 1. The molecule has 0 aliphatic carbocycles. The van der Waals surface area contributed by atoms with Crippen molar-refractivity contribution in [1.29, 1.82) is 0 Å². The molecule has 3 unspecified atom stereocenters. The lowest BCUT2D eigenvalue weighted by molar-refractivity contribution is 0.126. The van der Waals surface area contributed by atoms with Crippen LogP contribution in [0.2, 0.25) is 0 Å². The summed E-state index contributed by atoms with van der Waals surface area (Å²) < 4.78 is 0. The number of nitrogens with two attached hydrogens (primary N) is 1. The first-order valence-electron chi connectivity index (χ1n) is 5.94. The fourth-order valence-corrected chi connectivity index (χ4v) is 2.19. The first kappa shape index (κ1) is 11.5. The molecular weight excluding hydrogens is 200 g/mol. The maximum absolute atomic E-state index is 6.11. The van der Waals surface area contributed by atoms with Crippen molar-refractivity contribution in [2.24, 2.45) is 11.7 Å². The van der Waals surface area contributed by atoms with E-state index in [0.717, 1.165) is 18.8 Å². The van der Waals surface area contributed by atoms with Crippen LogP contribution in [0.1, 0.15) is 32.0 Å².